The van der Waals surface area contributed by atoms with Gasteiger partial charge in [-0.05, 0) is 5.56 Å². The van der Waals surface area contributed by atoms with Gasteiger partial charge in [0.05, 0.1) is 13.2 Å². The van der Waals surface area contributed by atoms with Crippen molar-refractivity contribution in [2.75, 3.05) is 20.2 Å². The summed E-state index contributed by atoms with van der Waals surface area (Å²) in [5, 5.41) is 9.66. The van der Waals surface area contributed by atoms with Crippen molar-refractivity contribution < 1.29 is 14.6 Å². The van der Waals surface area contributed by atoms with Crippen LogP contribution in [0.5, 0.6) is 0 Å². The zero-order valence-corrected chi connectivity index (χ0v) is 11.0. The lowest BCUT2D eigenvalue weighted by Gasteiger charge is -2.19. The Morgan fingerprint density at radius 1 is 1.47 bits per heavy atom. The van der Waals surface area contributed by atoms with Crippen molar-refractivity contribution in [1.29, 1.82) is 0 Å². The Kier molecular flexibility index (Phi) is 4.71. The zero-order valence-electron chi connectivity index (χ0n) is 11.0. The molecular weight excluding hydrogens is 242 g/mol. The third kappa shape index (κ3) is 3.66. The quantitative estimate of drug-likeness (QED) is 0.830. The molecule has 1 aliphatic rings. The van der Waals surface area contributed by atoms with Crippen LogP contribution in [0.4, 0.5) is 0 Å². The molecule has 1 N–H and O–H groups in total. The van der Waals surface area contributed by atoms with Crippen LogP contribution in [0, 0.1) is 0 Å². The molecule has 1 heterocycles. The van der Waals surface area contributed by atoms with E-state index in [2.05, 4.69) is 0 Å². The Labute approximate surface area is 113 Å². The zero-order chi connectivity index (χ0) is 13.7. The van der Waals surface area contributed by atoms with E-state index in [9.17, 15) is 9.90 Å². The van der Waals surface area contributed by atoms with E-state index in [0.717, 1.165) is 5.56 Å². The summed E-state index contributed by atoms with van der Waals surface area (Å²) in [5.41, 5.74) is 1.12. The van der Waals surface area contributed by atoms with E-state index >= 15 is 0 Å². The lowest BCUT2D eigenvalue weighted by Crippen LogP contribution is -2.36. The summed E-state index contributed by atoms with van der Waals surface area (Å²) >= 11 is 0. The van der Waals surface area contributed by atoms with Gasteiger partial charge in [-0.25, -0.2) is 0 Å². The van der Waals surface area contributed by atoms with Gasteiger partial charge in [0.1, 0.15) is 6.04 Å². The maximum atomic E-state index is 11.6. The van der Waals surface area contributed by atoms with Crippen LogP contribution in [0.3, 0.4) is 0 Å². The third-order valence-electron chi connectivity index (χ3n) is 3.30. The fourth-order valence-electron chi connectivity index (χ4n) is 2.35. The predicted octanol–water partition coefficient (Wildman–Crippen LogP) is 1.31. The number of aliphatic hydroxyl groups is 1. The molecule has 1 aliphatic heterocycles. The van der Waals surface area contributed by atoms with Crippen LogP contribution in [0.2, 0.25) is 0 Å². The number of esters is 1. The molecule has 19 heavy (non-hydrogen) atoms. The topological polar surface area (TPSA) is 49.8 Å². The molecule has 0 spiro atoms. The Balaban J connectivity index is 1.94. The van der Waals surface area contributed by atoms with Crippen LogP contribution >= 0.6 is 0 Å². The molecule has 0 amide bonds. The van der Waals surface area contributed by atoms with Crippen molar-refractivity contribution in [2.24, 2.45) is 0 Å². The van der Waals surface area contributed by atoms with Gasteiger partial charge in [-0.3, -0.25) is 9.69 Å². The Morgan fingerprint density at radius 2 is 2.21 bits per heavy atom. The van der Waals surface area contributed by atoms with E-state index in [1.165, 1.54) is 7.11 Å². The largest absolute Gasteiger partial charge is 0.468 e. The molecule has 0 saturated carbocycles. The number of nitrogens with zero attached hydrogens (tertiary/aromatic N) is 1. The van der Waals surface area contributed by atoms with Gasteiger partial charge in [0.2, 0.25) is 0 Å². The second kappa shape index (κ2) is 6.50. The fraction of sp³-hybridized carbons (Fsp3) is 0.400. The summed E-state index contributed by atoms with van der Waals surface area (Å²) in [4.78, 5) is 13.5. The Morgan fingerprint density at radius 3 is 2.89 bits per heavy atom. The standard InChI is InChI=1S/C15H19NO3/c1-19-15(18)14-10-13(17)11-16(14)9-5-8-12-6-3-2-4-7-12/h2-8,13-14,17H,9-11H2,1H3/b8-5+. The average molecular weight is 261 g/mol. The number of aliphatic hydroxyl groups excluding tert-OH is 1. The fourth-order valence-corrected chi connectivity index (χ4v) is 2.35. The van der Waals surface area contributed by atoms with E-state index < -0.39 is 6.10 Å². The lowest BCUT2D eigenvalue weighted by molar-refractivity contribution is -0.145. The summed E-state index contributed by atoms with van der Waals surface area (Å²) in [6, 6.07) is 9.65. The molecule has 0 aromatic heterocycles. The first-order chi connectivity index (χ1) is 9.20. The number of β-amino-alcohol motifs (C(OH)–C–C–N with tert-alkyl or cyclic N) is 1. The van der Waals surface area contributed by atoms with E-state index in [1.807, 2.05) is 47.4 Å². The van der Waals surface area contributed by atoms with E-state index in [1.54, 1.807) is 0 Å². The molecule has 0 radical (unpaired) electrons. The van der Waals surface area contributed by atoms with Gasteiger partial charge in [-0.15, -0.1) is 0 Å². The Bertz CT molecular complexity index is 444. The lowest BCUT2D eigenvalue weighted by atomic mass is 10.2. The van der Waals surface area contributed by atoms with Crippen molar-refractivity contribution >= 4 is 12.0 Å². The van der Waals surface area contributed by atoms with Crippen molar-refractivity contribution in [3.05, 3.63) is 42.0 Å². The minimum absolute atomic E-state index is 0.273. The van der Waals surface area contributed by atoms with Gasteiger partial charge in [-0.2, -0.15) is 0 Å². The highest BCUT2D eigenvalue weighted by atomic mass is 16.5. The van der Waals surface area contributed by atoms with Crippen LogP contribution in [0.25, 0.3) is 6.08 Å². The molecular formula is C15H19NO3. The van der Waals surface area contributed by atoms with E-state index in [4.69, 9.17) is 4.74 Å². The van der Waals surface area contributed by atoms with Crippen molar-refractivity contribution in [2.45, 2.75) is 18.6 Å². The Hall–Kier alpha value is -1.65. The molecule has 1 aromatic rings. The molecule has 1 fully saturated rings. The maximum Gasteiger partial charge on any atom is 0.323 e. The minimum atomic E-state index is -0.450. The highest BCUT2D eigenvalue weighted by Gasteiger charge is 2.35. The molecule has 2 rings (SSSR count). The number of ether oxygens (including phenoxy) is 1. The smallest absolute Gasteiger partial charge is 0.323 e. The van der Waals surface area contributed by atoms with Crippen molar-refractivity contribution in [3.63, 3.8) is 0 Å². The first-order valence-corrected chi connectivity index (χ1v) is 6.42. The van der Waals surface area contributed by atoms with Gasteiger partial charge in [0.25, 0.3) is 0 Å². The average Bonchev–Trinajstić information content (AvgIpc) is 2.80. The van der Waals surface area contributed by atoms with Gasteiger partial charge in [0.15, 0.2) is 0 Å². The molecule has 4 nitrogen and oxygen atoms in total. The van der Waals surface area contributed by atoms with E-state index in [0.29, 0.717) is 19.5 Å². The number of hydrogen-bond donors (Lipinski definition) is 1. The molecule has 102 valence electrons. The first kappa shape index (κ1) is 13.8. The normalized spacial score (nSPS) is 23.9. The summed E-state index contributed by atoms with van der Waals surface area (Å²) in [7, 11) is 1.38. The SMILES string of the molecule is COC(=O)C1CC(O)CN1C/C=C/c1ccccc1. The summed E-state index contributed by atoms with van der Waals surface area (Å²) in [6.45, 7) is 1.14. The number of carbonyl (C=O) groups excluding carboxylic acids is 1. The van der Waals surface area contributed by atoms with Crippen LogP contribution in [0.15, 0.2) is 36.4 Å². The molecule has 1 aromatic carbocycles. The van der Waals surface area contributed by atoms with Gasteiger partial charge < -0.3 is 9.84 Å². The van der Waals surface area contributed by atoms with Gasteiger partial charge in [-0.1, -0.05) is 42.5 Å². The monoisotopic (exact) mass is 261 g/mol. The second-order valence-corrected chi connectivity index (χ2v) is 4.70. The van der Waals surface area contributed by atoms with Crippen LogP contribution in [-0.2, 0) is 9.53 Å². The maximum absolute atomic E-state index is 11.6. The van der Waals surface area contributed by atoms with Crippen LogP contribution in [-0.4, -0.2) is 48.3 Å². The molecule has 0 aliphatic carbocycles. The van der Waals surface area contributed by atoms with Gasteiger partial charge >= 0.3 is 5.97 Å². The predicted molar refractivity (Wildman–Crippen MR) is 73.5 cm³/mol. The number of carbonyl (C=O) groups is 1. The molecule has 2 unspecified atom stereocenters. The second-order valence-electron chi connectivity index (χ2n) is 4.70. The highest BCUT2D eigenvalue weighted by molar-refractivity contribution is 5.76. The summed E-state index contributed by atoms with van der Waals surface area (Å²) in [5.74, 6) is -0.273. The molecule has 2 atom stereocenters. The minimum Gasteiger partial charge on any atom is -0.468 e. The summed E-state index contributed by atoms with van der Waals surface area (Å²) in [6.07, 6.45) is 4.02. The number of hydrogen-bond acceptors (Lipinski definition) is 4. The number of rotatable bonds is 4. The first-order valence-electron chi connectivity index (χ1n) is 6.42. The molecule has 1 saturated heterocycles. The van der Waals surface area contributed by atoms with Crippen molar-refractivity contribution in [1.82, 2.24) is 4.90 Å². The van der Waals surface area contributed by atoms with Gasteiger partial charge in [0, 0.05) is 19.5 Å². The third-order valence-corrected chi connectivity index (χ3v) is 3.30. The van der Waals surface area contributed by atoms with Crippen LogP contribution in [0.1, 0.15) is 12.0 Å². The number of methoxy groups -OCH3 is 1. The summed E-state index contributed by atoms with van der Waals surface area (Å²) < 4.78 is 4.76. The molecule has 0 bridgehead atoms. The number of likely N-dealkylation sites (tertiary alicyclic amines) is 1. The molecule has 4 heteroatoms. The van der Waals surface area contributed by atoms with Crippen LogP contribution < -0.4 is 0 Å². The van der Waals surface area contributed by atoms with E-state index in [-0.39, 0.29) is 12.0 Å². The highest BCUT2D eigenvalue weighted by Crippen LogP contribution is 2.18. The van der Waals surface area contributed by atoms with Crippen molar-refractivity contribution in [3.8, 4) is 0 Å². The number of benzene rings is 1.